The first-order chi connectivity index (χ1) is 18.7. The summed E-state index contributed by atoms with van der Waals surface area (Å²) in [5, 5.41) is 29.6. The molecule has 0 spiro atoms. The summed E-state index contributed by atoms with van der Waals surface area (Å²) in [6, 6.07) is 0. The summed E-state index contributed by atoms with van der Waals surface area (Å²) in [7, 11) is 0. The monoisotopic (exact) mass is 558 g/mol. The highest BCUT2D eigenvalue weighted by Gasteiger charge is 2.46. The number of carbonyl (C=O) groups excluding carboxylic acids is 3. The van der Waals surface area contributed by atoms with Gasteiger partial charge in [-0.25, -0.2) is 14.4 Å². The number of rotatable bonds is 3. The van der Waals surface area contributed by atoms with Crippen molar-refractivity contribution in [3.8, 4) is 0 Å². The molecule has 39 heavy (non-hydrogen) atoms. The second-order valence-corrected chi connectivity index (χ2v) is 11.3. The van der Waals surface area contributed by atoms with Gasteiger partial charge in [0, 0.05) is 37.6 Å². The SMILES string of the molecule is C[C@@H]1OC(=O)[C@H]2O[C@H](CC[C@H]2CO)[C@H](C)OC(=O)[C@H]2O[C@H](CC[C@H]2CO)[C@H](C)OC(=O)[C@H]2O[C@@H]1CC[C@H]2CO. The third-order valence-corrected chi connectivity index (χ3v) is 8.59. The molecular weight excluding hydrogens is 516 g/mol. The van der Waals surface area contributed by atoms with Crippen LogP contribution in [0.15, 0.2) is 0 Å². The summed E-state index contributed by atoms with van der Waals surface area (Å²) in [6.07, 6.45) is -4.53. The fourth-order valence-electron chi connectivity index (χ4n) is 6.01. The molecule has 4 fully saturated rings. The van der Waals surface area contributed by atoms with Crippen LogP contribution in [0.2, 0.25) is 0 Å². The van der Waals surface area contributed by atoms with Crippen molar-refractivity contribution in [2.45, 2.75) is 114 Å². The molecule has 12 atom stereocenters. The summed E-state index contributed by atoms with van der Waals surface area (Å²) in [5.41, 5.74) is 0. The number of cyclic esters (lactones) is 3. The van der Waals surface area contributed by atoms with E-state index in [0.29, 0.717) is 38.5 Å². The van der Waals surface area contributed by atoms with Gasteiger partial charge < -0.3 is 43.7 Å². The van der Waals surface area contributed by atoms with E-state index in [1.807, 2.05) is 0 Å². The molecule has 4 saturated heterocycles. The first-order valence-electron chi connectivity index (χ1n) is 14.1. The minimum atomic E-state index is -1.08. The number of hydrogen-bond acceptors (Lipinski definition) is 12. The molecule has 0 aromatic rings. The van der Waals surface area contributed by atoms with Crippen LogP contribution < -0.4 is 0 Å². The van der Waals surface area contributed by atoms with Crippen molar-refractivity contribution in [1.29, 1.82) is 0 Å². The number of esters is 3. The summed E-state index contributed by atoms with van der Waals surface area (Å²) in [6.45, 7) is 4.14. The lowest BCUT2D eigenvalue weighted by Gasteiger charge is -2.41. The highest BCUT2D eigenvalue weighted by Crippen LogP contribution is 2.34. The molecule has 0 aromatic heterocycles. The van der Waals surface area contributed by atoms with E-state index in [4.69, 9.17) is 28.4 Å². The van der Waals surface area contributed by atoms with Crippen molar-refractivity contribution in [2.24, 2.45) is 17.8 Å². The fraction of sp³-hybridized carbons (Fsp3) is 0.889. The van der Waals surface area contributed by atoms with E-state index in [0.717, 1.165) is 0 Å². The normalized spacial score (nSPS) is 44.3. The molecule has 4 heterocycles. The van der Waals surface area contributed by atoms with Crippen LogP contribution in [-0.2, 0) is 42.8 Å². The molecule has 0 amide bonds. The minimum Gasteiger partial charge on any atom is -0.458 e. The number of aliphatic hydroxyl groups excluding tert-OH is 3. The van der Waals surface area contributed by atoms with Crippen LogP contribution in [0.3, 0.4) is 0 Å². The molecule has 222 valence electrons. The van der Waals surface area contributed by atoms with Gasteiger partial charge in [-0.3, -0.25) is 0 Å². The van der Waals surface area contributed by atoms with Gasteiger partial charge in [0.05, 0.1) is 18.3 Å². The zero-order valence-corrected chi connectivity index (χ0v) is 22.8. The van der Waals surface area contributed by atoms with Crippen molar-refractivity contribution in [1.82, 2.24) is 0 Å². The Kier molecular flexibility index (Phi) is 10.2. The molecule has 12 heteroatoms. The van der Waals surface area contributed by atoms with Gasteiger partial charge in [-0.15, -0.1) is 0 Å². The Balaban J connectivity index is 1.61. The van der Waals surface area contributed by atoms with Crippen molar-refractivity contribution in [2.75, 3.05) is 19.8 Å². The summed E-state index contributed by atoms with van der Waals surface area (Å²) in [5.74, 6) is -3.51. The standard InChI is InChI=1S/C27H42O12/c1-13-19-7-4-16(10-28)23(37-19)26(32)35-15(3)21-9-6-18(12-30)24(39-21)27(33)36-14(2)20-8-5-17(11-29)22(38-20)25(31)34-13/h13-24,28-30H,4-12H2,1-3H3/t13-,14-,15-,16-,17-,18-,19+,20+,21+,22-,23-,24-/m0/s1. The van der Waals surface area contributed by atoms with E-state index in [1.165, 1.54) is 0 Å². The van der Waals surface area contributed by atoms with Gasteiger partial charge in [0.25, 0.3) is 0 Å². The molecule has 0 unspecified atom stereocenters. The highest BCUT2D eigenvalue weighted by atomic mass is 16.6. The number of ether oxygens (including phenoxy) is 6. The van der Waals surface area contributed by atoms with Crippen LogP contribution in [0.4, 0.5) is 0 Å². The predicted molar refractivity (Wildman–Crippen MR) is 132 cm³/mol. The van der Waals surface area contributed by atoms with Gasteiger partial charge in [-0.2, -0.15) is 0 Å². The molecule has 4 rings (SSSR count). The minimum absolute atomic E-state index is 0.283. The van der Waals surface area contributed by atoms with Crippen LogP contribution >= 0.6 is 0 Å². The molecule has 0 aromatic carbocycles. The molecule has 3 N–H and O–H groups in total. The number of carbonyl (C=O) groups is 3. The Labute approximate surface area is 228 Å². The first-order valence-corrected chi connectivity index (χ1v) is 14.1. The van der Waals surface area contributed by atoms with Crippen LogP contribution in [0.25, 0.3) is 0 Å². The highest BCUT2D eigenvalue weighted by molar-refractivity contribution is 5.77. The predicted octanol–water partition coefficient (Wildman–Crippen LogP) is 0.263. The Morgan fingerprint density at radius 3 is 1.00 bits per heavy atom. The quantitative estimate of drug-likeness (QED) is 0.320. The number of aliphatic hydroxyl groups is 3. The Hall–Kier alpha value is -1.83. The number of fused-ring (bicyclic) bond motifs is 6. The van der Waals surface area contributed by atoms with E-state index in [9.17, 15) is 29.7 Å². The zero-order valence-electron chi connectivity index (χ0n) is 22.8. The summed E-state index contributed by atoms with van der Waals surface area (Å²) in [4.78, 5) is 39.5. The molecule has 6 bridgehead atoms. The Morgan fingerprint density at radius 2 is 0.769 bits per heavy atom. The molecular formula is C27H42O12. The summed E-state index contributed by atoms with van der Waals surface area (Å²) >= 11 is 0. The molecule has 4 aliphatic heterocycles. The lowest BCUT2D eigenvalue weighted by atomic mass is 9.89. The number of hydrogen-bond donors (Lipinski definition) is 3. The van der Waals surface area contributed by atoms with E-state index in [1.54, 1.807) is 20.8 Å². The Morgan fingerprint density at radius 1 is 0.513 bits per heavy atom. The van der Waals surface area contributed by atoms with Crippen molar-refractivity contribution in [3.63, 3.8) is 0 Å². The molecule has 0 saturated carbocycles. The Bertz CT molecular complexity index is 756. The van der Waals surface area contributed by atoms with Gasteiger partial charge in [0.15, 0.2) is 18.3 Å². The van der Waals surface area contributed by atoms with Gasteiger partial charge in [0.1, 0.15) is 18.3 Å². The van der Waals surface area contributed by atoms with E-state index in [2.05, 4.69) is 0 Å². The third-order valence-electron chi connectivity index (χ3n) is 8.59. The second-order valence-electron chi connectivity index (χ2n) is 11.3. The van der Waals surface area contributed by atoms with Crippen molar-refractivity contribution < 1.29 is 58.1 Å². The van der Waals surface area contributed by atoms with Crippen LogP contribution in [0, 0.1) is 17.8 Å². The smallest absolute Gasteiger partial charge is 0.336 e. The van der Waals surface area contributed by atoms with Gasteiger partial charge in [-0.1, -0.05) is 0 Å². The van der Waals surface area contributed by atoms with Crippen LogP contribution in [-0.4, -0.2) is 108 Å². The van der Waals surface area contributed by atoms with Gasteiger partial charge in [-0.05, 0) is 59.3 Å². The largest absolute Gasteiger partial charge is 0.458 e. The summed E-state index contributed by atoms with van der Waals surface area (Å²) < 4.78 is 35.2. The van der Waals surface area contributed by atoms with Gasteiger partial charge in [0.2, 0.25) is 0 Å². The van der Waals surface area contributed by atoms with E-state index in [-0.39, 0.29) is 19.8 Å². The van der Waals surface area contributed by atoms with Crippen LogP contribution in [0.1, 0.15) is 59.3 Å². The average Bonchev–Trinajstić information content (AvgIpc) is 2.95. The lowest BCUT2D eigenvalue weighted by Crippen LogP contribution is -2.52. The maximum Gasteiger partial charge on any atom is 0.336 e. The van der Waals surface area contributed by atoms with E-state index < -0.39 is 90.6 Å². The van der Waals surface area contributed by atoms with Gasteiger partial charge >= 0.3 is 17.9 Å². The molecule has 0 aliphatic carbocycles. The third kappa shape index (κ3) is 6.74. The molecule has 4 aliphatic rings. The average molecular weight is 559 g/mol. The zero-order chi connectivity index (χ0) is 28.3. The topological polar surface area (TPSA) is 167 Å². The van der Waals surface area contributed by atoms with Crippen molar-refractivity contribution in [3.05, 3.63) is 0 Å². The fourth-order valence-corrected chi connectivity index (χ4v) is 6.01. The maximum absolute atomic E-state index is 13.2. The second kappa shape index (κ2) is 13.2. The first kappa shape index (κ1) is 30.1. The molecule has 12 nitrogen and oxygen atoms in total. The van der Waals surface area contributed by atoms with E-state index >= 15 is 0 Å². The van der Waals surface area contributed by atoms with Crippen molar-refractivity contribution >= 4 is 17.9 Å². The maximum atomic E-state index is 13.2. The lowest BCUT2D eigenvalue weighted by molar-refractivity contribution is -0.218. The molecule has 0 radical (unpaired) electrons. The van der Waals surface area contributed by atoms with Crippen LogP contribution in [0.5, 0.6) is 0 Å².